The Hall–Kier alpha value is -4.97. The van der Waals surface area contributed by atoms with Crippen molar-refractivity contribution in [2.45, 2.75) is 30.1 Å². The van der Waals surface area contributed by atoms with Gasteiger partial charge in [-0.25, -0.2) is 9.59 Å². The second kappa shape index (κ2) is 11.3. The maximum atomic E-state index is 14.4. The molecule has 1 fully saturated rings. The molecule has 0 saturated carbocycles. The van der Waals surface area contributed by atoms with Gasteiger partial charge in [-0.15, -0.1) is 0 Å². The van der Waals surface area contributed by atoms with Crippen LogP contribution in [0.15, 0.2) is 108 Å². The quantitative estimate of drug-likeness (QED) is 0.165. The Balaban J connectivity index is 1.71. The predicted molar refractivity (Wildman–Crippen MR) is 145 cm³/mol. The SMILES string of the molecule is Nc1ccn([C@@H]2O[C@H](C(OC(=O)c3ccccc3)(C(=O)c3ccccc3)C(=O)c3ccccc3)[C@@H](O)[C@H]2O)c(=O)n1. The molecule has 11 nitrogen and oxygen atoms in total. The molecule has 4 aromatic rings. The van der Waals surface area contributed by atoms with E-state index >= 15 is 0 Å². The molecule has 1 aliphatic heterocycles. The number of Topliss-reactive ketones (excluding diaryl/α,β-unsaturated/α-hetero) is 2. The molecule has 0 bridgehead atoms. The maximum Gasteiger partial charge on any atom is 0.351 e. The number of esters is 1. The number of rotatable bonds is 8. The first-order valence-electron chi connectivity index (χ1n) is 12.6. The van der Waals surface area contributed by atoms with Crippen LogP contribution >= 0.6 is 0 Å². The first-order chi connectivity index (χ1) is 19.7. The standard InChI is InChI=1S/C30H25N3O8/c31-21-16-17-33(29(39)32-21)27-23(35)22(34)26(40-27)30(24(36)18-10-4-1-5-11-18,25(37)19-12-6-2-7-13-19)41-28(38)20-14-8-3-9-15-20/h1-17,22-23,26-27,34-35H,(H2,31,32,39)/t22-,23+,26-,27+/m0/s1. The number of nitrogens with zero attached hydrogens (tertiary/aromatic N) is 2. The highest BCUT2D eigenvalue weighted by molar-refractivity contribution is 6.24. The van der Waals surface area contributed by atoms with Crippen LogP contribution in [0.2, 0.25) is 0 Å². The van der Waals surface area contributed by atoms with Crippen LogP contribution in [0.5, 0.6) is 0 Å². The highest BCUT2D eigenvalue weighted by Gasteiger charge is 2.64. The monoisotopic (exact) mass is 555 g/mol. The van der Waals surface area contributed by atoms with E-state index in [-0.39, 0.29) is 22.5 Å². The Kier molecular flexibility index (Phi) is 7.58. The summed E-state index contributed by atoms with van der Waals surface area (Å²) >= 11 is 0. The molecule has 1 aromatic heterocycles. The van der Waals surface area contributed by atoms with E-state index < -0.39 is 53.4 Å². The molecular formula is C30H25N3O8. The van der Waals surface area contributed by atoms with Gasteiger partial charge in [0.2, 0.25) is 11.6 Å². The van der Waals surface area contributed by atoms with Crippen molar-refractivity contribution in [1.29, 1.82) is 0 Å². The topological polar surface area (TPSA) is 171 Å². The van der Waals surface area contributed by atoms with E-state index in [2.05, 4.69) is 4.98 Å². The lowest BCUT2D eigenvalue weighted by Gasteiger charge is -2.36. The van der Waals surface area contributed by atoms with Gasteiger partial charge >= 0.3 is 11.7 Å². The number of carbonyl (C=O) groups excluding carboxylic acids is 3. The van der Waals surface area contributed by atoms with Gasteiger partial charge < -0.3 is 25.4 Å². The van der Waals surface area contributed by atoms with Crippen LogP contribution in [-0.2, 0) is 9.47 Å². The van der Waals surface area contributed by atoms with Gasteiger partial charge in [-0.1, -0.05) is 78.9 Å². The number of aliphatic hydroxyl groups excluding tert-OH is 2. The van der Waals surface area contributed by atoms with Gasteiger partial charge in [0.05, 0.1) is 5.56 Å². The molecule has 11 heteroatoms. The molecule has 3 aromatic carbocycles. The van der Waals surface area contributed by atoms with Crippen LogP contribution in [0, 0.1) is 0 Å². The lowest BCUT2D eigenvalue weighted by atomic mass is 9.78. The van der Waals surface area contributed by atoms with Crippen molar-refractivity contribution >= 4 is 23.4 Å². The third-order valence-electron chi connectivity index (χ3n) is 6.77. The van der Waals surface area contributed by atoms with Gasteiger partial charge in [0.15, 0.2) is 6.23 Å². The van der Waals surface area contributed by atoms with Crippen LogP contribution in [-0.4, -0.2) is 61.2 Å². The van der Waals surface area contributed by atoms with Gasteiger partial charge in [0.25, 0.3) is 5.60 Å². The molecule has 0 unspecified atom stereocenters. The van der Waals surface area contributed by atoms with Crippen LogP contribution in [0.4, 0.5) is 5.82 Å². The minimum absolute atomic E-state index is 0.0159. The fraction of sp³-hybridized carbons (Fsp3) is 0.167. The zero-order chi connectivity index (χ0) is 29.1. The molecule has 41 heavy (non-hydrogen) atoms. The van der Waals surface area contributed by atoms with Crippen molar-refractivity contribution in [3.63, 3.8) is 0 Å². The molecule has 1 saturated heterocycles. The van der Waals surface area contributed by atoms with E-state index in [1.54, 1.807) is 54.6 Å². The Labute approximate surface area is 233 Å². The van der Waals surface area contributed by atoms with E-state index in [4.69, 9.17) is 15.2 Å². The number of carbonyl (C=O) groups is 3. The second-order valence-corrected chi connectivity index (χ2v) is 9.35. The van der Waals surface area contributed by atoms with Crippen molar-refractivity contribution in [1.82, 2.24) is 9.55 Å². The summed E-state index contributed by atoms with van der Waals surface area (Å²) in [7, 11) is 0. The van der Waals surface area contributed by atoms with E-state index in [1.165, 1.54) is 48.7 Å². The summed E-state index contributed by atoms with van der Waals surface area (Å²) in [5, 5.41) is 22.4. The van der Waals surface area contributed by atoms with Gasteiger partial charge in [-0.3, -0.25) is 14.2 Å². The maximum absolute atomic E-state index is 14.4. The van der Waals surface area contributed by atoms with E-state index in [9.17, 15) is 29.4 Å². The Morgan fingerprint density at radius 1 is 0.780 bits per heavy atom. The van der Waals surface area contributed by atoms with Crippen LogP contribution in [0.3, 0.4) is 0 Å². The number of hydrogen-bond donors (Lipinski definition) is 3. The van der Waals surface area contributed by atoms with Crippen molar-refractivity contribution < 1.29 is 34.1 Å². The largest absolute Gasteiger partial charge is 0.435 e. The second-order valence-electron chi connectivity index (χ2n) is 9.35. The Morgan fingerprint density at radius 3 is 1.76 bits per heavy atom. The summed E-state index contributed by atoms with van der Waals surface area (Å²) in [6.45, 7) is 0. The lowest BCUT2D eigenvalue weighted by Crippen LogP contribution is -2.62. The van der Waals surface area contributed by atoms with Crippen LogP contribution in [0.25, 0.3) is 0 Å². The molecule has 4 N–H and O–H groups in total. The molecule has 1 aliphatic rings. The molecule has 208 valence electrons. The van der Waals surface area contributed by atoms with Gasteiger partial charge in [0.1, 0.15) is 24.1 Å². The lowest BCUT2D eigenvalue weighted by molar-refractivity contribution is -0.109. The summed E-state index contributed by atoms with van der Waals surface area (Å²) in [5.74, 6) is -3.16. The molecular weight excluding hydrogens is 530 g/mol. The van der Waals surface area contributed by atoms with E-state index in [0.717, 1.165) is 4.57 Å². The Morgan fingerprint density at radius 2 is 1.27 bits per heavy atom. The van der Waals surface area contributed by atoms with Crippen LogP contribution in [0.1, 0.15) is 37.3 Å². The average molecular weight is 556 g/mol. The summed E-state index contributed by atoms with van der Waals surface area (Å²) in [6, 6.07) is 24.1. The molecule has 2 heterocycles. The van der Waals surface area contributed by atoms with Crippen molar-refractivity contribution in [3.05, 3.63) is 130 Å². The number of benzene rings is 3. The molecule has 0 amide bonds. The molecule has 5 rings (SSSR count). The van der Waals surface area contributed by atoms with Crippen molar-refractivity contribution in [3.8, 4) is 0 Å². The van der Waals surface area contributed by atoms with Crippen LogP contribution < -0.4 is 11.4 Å². The van der Waals surface area contributed by atoms with Crippen molar-refractivity contribution in [2.24, 2.45) is 0 Å². The molecule has 0 spiro atoms. The number of nitrogen functional groups attached to an aromatic ring is 1. The summed E-state index contributed by atoms with van der Waals surface area (Å²) in [5.41, 5.74) is 1.78. The van der Waals surface area contributed by atoms with Crippen molar-refractivity contribution in [2.75, 3.05) is 5.73 Å². The minimum atomic E-state index is -2.84. The molecule has 0 radical (unpaired) electrons. The third kappa shape index (κ3) is 5.05. The number of aromatic nitrogens is 2. The summed E-state index contributed by atoms with van der Waals surface area (Å²) < 4.78 is 12.6. The zero-order valence-electron chi connectivity index (χ0n) is 21.4. The van der Waals surface area contributed by atoms with E-state index in [0.29, 0.717) is 0 Å². The average Bonchev–Trinajstić information content (AvgIpc) is 3.30. The predicted octanol–water partition coefficient (Wildman–Crippen LogP) is 1.81. The normalized spacial score (nSPS) is 20.3. The highest BCUT2D eigenvalue weighted by Crippen LogP contribution is 2.40. The minimum Gasteiger partial charge on any atom is -0.435 e. The summed E-state index contributed by atoms with van der Waals surface area (Å²) in [6.07, 6.45) is -6.21. The number of nitrogens with two attached hydrogens (primary N) is 1. The van der Waals surface area contributed by atoms with Gasteiger partial charge in [-0.2, -0.15) is 4.98 Å². The number of anilines is 1. The highest BCUT2D eigenvalue weighted by atomic mass is 16.6. The number of ether oxygens (including phenoxy) is 2. The first kappa shape index (κ1) is 27.6. The summed E-state index contributed by atoms with van der Waals surface area (Å²) in [4.78, 5) is 58.5. The smallest absolute Gasteiger partial charge is 0.351 e. The fourth-order valence-electron chi connectivity index (χ4n) is 4.74. The Bertz CT molecular complexity index is 1570. The zero-order valence-corrected chi connectivity index (χ0v) is 21.4. The molecule has 0 aliphatic carbocycles. The number of aliphatic hydroxyl groups is 2. The van der Waals surface area contributed by atoms with E-state index in [1.807, 2.05) is 0 Å². The number of hydrogen-bond acceptors (Lipinski definition) is 10. The first-order valence-corrected chi connectivity index (χ1v) is 12.6. The third-order valence-corrected chi connectivity index (χ3v) is 6.77. The number of ketones is 2. The van der Waals surface area contributed by atoms with Gasteiger partial charge in [0, 0.05) is 17.3 Å². The van der Waals surface area contributed by atoms with Gasteiger partial charge in [-0.05, 0) is 18.2 Å². The molecule has 4 atom stereocenters. The fourth-order valence-corrected chi connectivity index (χ4v) is 4.74.